The summed E-state index contributed by atoms with van der Waals surface area (Å²) in [4.78, 5) is 23.2. The average molecular weight is 255 g/mol. The zero-order valence-electron chi connectivity index (χ0n) is 11.4. The molecule has 0 aromatic heterocycles. The third-order valence-electron chi connectivity index (χ3n) is 4.14. The van der Waals surface area contributed by atoms with E-state index in [0.717, 1.165) is 25.7 Å². The zero-order chi connectivity index (χ0) is 13.5. The number of carbonyl (C=O) groups excluding carboxylic acids is 1. The fourth-order valence-corrected chi connectivity index (χ4v) is 2.69. The number of aliphatic carboxylic acids is 1. The largest absolute Gasteiger partial charge is 0.481 e. The molecule has 1 saturated carbocycles. The van der Waals surface area contributed by atoms with Gasteiger partial charge in [0.15, 0.2) is 0 Å². The fraction of sp³-hybridized carbons (Fsp3) is 0.857. The van der Waals surface area contributed by atoms with Gasteiger partial charge in [-0.1, -0.05) is 39.5 Å². The predicted molar refractivity (Wildman–Crippen MR) is 70.2 cm³/mol. The lowest BCUT2D eigenvalue weighted by Crippen LogP contribution is -2.41. The van der Waals surface area contributed by atoms with Crippen LogP contribution in [0.5, 0.6) is 0 Å². The highest BCUT2D eigenvalue weighted by molar-refractivity contribution is 5.84. The van der Waals surface area contributed by atoms with Gasteiger partial charge in [0.05, 0.1) is 11.8 Å². The van der Waals surface area contributed by atoms with Crippen LogP contribution in [0.15, 0.2) is 0 Å². The maximum absolute atomic E-state index is 12.1. The molecule has 2 N–H and O–H groups in total. The van der Waals surface area contributed by atoms with Gasteiger partial charge in [-0.05, 0) is 18.8 Å². The summed E-state index contributed by atoms with van der Waals surface area (Å²) in [7, 11) is 0. The van der Waals surface area contributed by atoms with E-state index in [-0.39, 0.29) is 11.8 Å². The molecule has 4 heteroatoms. The molecular formula is C14H25NO3. The Morgan fingerprint density at radius 1 is 1.17 bits per heavy atom. The van der Waals surface area contributed by atoms with Crippen LogP contribution in [0.2, 0.25) is 0 Å². The van der Waals surface area contributed by atoms with Crippen LogP contribution in [0.3, 0.4) is 0 Å². The van der Waals surface area contributed by atoms with Crippen molar-refractivity contribution in [3.63, 3.8) is 0 Å². The highest BCUT2D eigenvalue weighted by Gasteiger charge is 2.35. The van der Waals surface area contributed by atoms with Gasteiger partial charge in [-0.15, -0.1) is 0 Å². The van der Waals surface area contributed by atoms with Crippen LogP contribution in [0.4, 0.5) is 0 Å². The second-order valence-corrected chi connectivity index (χ2v) is 5.26. The van der Waals surface area contributed by atoms with Crippen molar-refractivity contribution in [3.8, 4) is 0 Å². The Morgan fingerprint density at radius 2 is 1.72 bits per heavy atom. The van der Waals surface area contributed by atoms with Crippen molar-refractivity contribution in [2.45, 2.75) is 52.4 Å². The molecule has 2 atom stereocenters. The first-order valence-electron chi connectivity index (χ1n) is 7.10. The SMILES string of the molecule is CCC(CC)CNC(=O)[C@@H]1CCCC[C@@H]1C(=O)O. The summed E-state index contributed by atoms with van der Waals surface area (Å²) in [6, 6.07) is 0. The minimum atomic E-state index is -0.822. The van der Waals surface area contributed by atoms with Gasteiger partial charge in [-0.25, -0.2) is 0 Å². The van der Waals surface area contributed by atoms with Gasteiger partial charge in [0.2, 0.25) is 5.91 Å². The number of carboxylic acid groups (broad SMARTS) is 1. The Bertz CT molecular complexity index is 287. The lowest BCUT2D eigenvalue weighted by atomic mass is 9.78. The molecule has 0 radical (unpaired) electrons. The van der Waals surface area contributed by atoms with E-state index < -0.39 is 11.9 Å². The minimum absolute atomic E-state index is 0.0611. The number of hydrogen-bond acceptors (Lipinski definition) is 2. The Morgan fingerprint density at radius 3 is 2.22 bits per heavy atom. The van der Waals surface area contributed by atoms with Gasteiger partial charge in [0, 0.05) is 6.54 Å². The van der Waals surface area contributed by atoms with Crippen molar-refractivity contribution in [1.29, 1.82) is 0 Å². The van der Waals surface area contributed by atoms with Crippen molar-refractivity contribution in [2.75, 3.05) is 6.54 Å². The number of amides is 1. The summed E-state index contributed by atoms with van der Waals surface area (Å²) >= 11 is 0. The summed E-state index contributed by atoms with van der Waals surface area (Å²) in [5, 5.41) is 12.1. The molecule has 1 amide bonds. The van der Waals surface area contributed by atoms with Gasteiger partial charge in [0.25, 0.3) is 0 Å². The number of nitrogens with one attached hydrogen (secondary N) is 1. The zero-order valence-corrected chi connectivity index (χ0v) is 11.4. The van der Waals surface area contributed by atoms with Crippen molar-refractivity contribution < 1.29 is 14.7 Å². The molecule has 1 rings (SSSR count). The molecule has 0 spiro atoms. The molecule has 1 fully saturated rings. The molecule has 1 aliphatic rings. The molecule has 104 valence electrons. The molecular weight excluding hydrogens is 230 g/mol. The Hall–Kier alpha value is -1.06. The van der Waals surface area contributed by atoms with Gasteiger partial charge < -0.3 is 10.4 Å². The molecule has 0 bridgehead atoms. The predicted octanol–water partition coefficient (Wildman–Crippen LogP) is 2.43. The van der Waals surface area contributed by atoms with Gasteiger partial charge in [-0.2, -0.15) is 0 Å². The maximum Gasteiger partial charge on any atom is 0.307 e. The van der Waals surface area contributed by atoms with Gasteiger partial charge in [0.1, 0.15) is 0 Å². The van der Waals surface area contributed by atoms with E-state index in [4.69, 9.17) is 5.11 Å². The highest BCUT2D eigenvalue weighted by Crippen LogP contribution is 2.30. The van der Waals surface area contributed by atoms with Crippen molar-refractivity contribution >= 4 is 11.9 Å². The van der Waals surface area contributed by atoms with Gasteiger partial charge >= 0.3 is 5.97 Å². The third-order valence-corrected chi connectivity index (χ3v) is 4.14. The Balaban J connectivity index is 2.50. The van der Waals surface area contributed by atoms with Crippen molar-refractivity contribution in [2.24, 2.45) is 17.8 Å². The molecule has 0 saturated heterocycles. The third kappa shape index (κ3) is 4.00. The number of carboxylic acids is 1. The molecule has 0 aromatic rings. The standard InChI is InChI=1S/C14H25NO3/c1-3-10(4-2)9-15-13(16)11-7-5-6-8-12(11)14(17)18/h10-12H,3-9H2,1-2H3,(H,15,16)(H,17,18)/t11-,12+/m1/s1. The van der Waals surface area contributed by atoms with Crippen molar-refractivity contribution in [1.82, 2.24) is 5.32 Å². The van der Waals surface area contributed by atoms with E-state index in [2.05, 4.69) is 19.2 Å². The summed E-state index contributed by atoms with van der Waals surface area (Å²) in [6.45, 7) is 4.90. The van der Waals surface area contributed by atoms with E-state index >= 15 is 0 Å². The van der Waals surface area contributed by atoms with E-state index in [1.807, 2.05) is 0 Å². The molecule has 4 nitrogen and oxygen atoms in total. The molecule has 1 aliphatic carbocycles. The first-order valence-corrected chi connectivity index (χ1v) is 7.10. The molecule has 0 heterocycles. The van der Waals surface area contributed by atoms with Crippen LogP contribution in [0.25, 0.3) is 0 Å². The quantitative estimate of drug-likeness (QED) is 0.766. The highest BCUT2D eigenvalue weighted by atomic mass is 16.4. The van der Waals surface area contributed by atoms with Crippen LogP contribution in [0.1, 0.15) is 52.4 Å². The van der Waals surface area contributed by atoms with E-state index in [1.165, 1.54) is 0 Å². The lowest BCUT2D eigenvalue weighted by molar-refractivity contribution is -0.148. The van der Waals surface area contributed by atoms with Crippen LogP contribution in [-0.4, -0.2) is 23.5 Å². The van der Waals surface area contributed by atoms with Crippen LogP contribution in [0, 0.1) is 17.8 Å². The van der Waals surface area contributed by atoms with Gasteiger partial charge in [-0.3, -0.25) is 9.59 Å². The smallest absolute Gasteiger partial charge is 0.307 e. The monoisotopic (exact) mass is 255 g/mol. The topological polar surface area (TPSA) is 66.4 Å². The second-order valence-electron chi connectivity index (χ2n) is 5.26. The minimum Gasteiger partial charge on any atom is -0.481 e. The first kappa shape index (κ1) is 15.0. The average Bonchev–Trinajstić information content (AvgIpc) is 2.39. The number of hydrogen-bond donors (Lipinski definition) is 2. The van der Waals surface area contributed by atoms with E-state index in [0.29, 0.717) is 25.3 Å². The number of carbonyl (C=O) groups is 2. The maximum atomic E-state index is 12.1. The van der Waals surface area contributed by atoms with Crippen LogP contribution in [-0.2, 0) is 9.59 Å². The summed E-state index contributed by atoms with van der Waals surface area (Å²) < 4.78 is 0. The molecule has 18 heavy (non-hydrogen) atoms. The fourth-order valence-electron chi connectivity index (χ4n) is 2.69. The summed E-state index contributed by atoms with van der Waals surface area (Å²) in [5.41, 5.74) is 0. The van der Waals surface area contributed by atoms with Crippen LogP contribution < -0.4 is 5.32 Å². The second kappa shape index (κ2) is 7.39. The lowest BCUT2D eigenvalue weighted by Gasteiger charge is -2.28. The molecule has 0 aliphatic heterocycles. The Kier molecular flexibility index (Phi) is 6.16. The molecule has 0 aromatic carbocycles. The normalized spacial score (nSPS) is 23.9. The van der Waals surface area contributed by atoms with E-state index in [9.17, 15) is 9.59 Å². The van der Waals surface area contributed by atoms with E-state index in [1.54, 1.807) is 0 Å². The first-order chi connectivity index (χ1) is 8.60. The number of rotatable bonds is 6. The van der Waals surface area contributed by atoms with Crippen LogP contribution >= 0.6 is 0 Å². The summed E-state index contributed by atoms with van der Waals surface area (Å²) in [6.07, 6.45) is 5.33. The van der Waals surface area contributed by atoms with Crippen molar-refractivity contribution in [3.05, 3.63) is 0 Å². The molecule has 0 unspecified atom stereocenters. The summed E-state index contributed by atoms with van der Waals surface area (Å²) in [5.74, 6) is -1.20. The Labute approximate surface area is 109 Å².